The lowest BCUT2D eigenvalue weighted by atomic mass is 10.0. The first-order valence-corrected chi connectivity index (χ1v) is 7.84. The van der Waals surface area contributed by atoms with Crippen molar-refractivity contribution in [3.05, 3.63) is 22.8 Å². The van der Waals surface area contributed by atoms with Gasteiger partial charge in [0.05, 0.1) is 0 Å². The van der Waals surface area contributed by atoms with Gasteiger partial charge in [0.15, 0.2) is 0 Å². The number of rotatable bonds is 6. The third kappa shape index (κ3) is 5.17. The summed E-state index contributed by atoms with van der Waals surface area (Å²) in [6, 6.07) is 3.33. The summed E-state index contributed by atoms with van der Waals surface area (Å²) in [5.74, 6) is 1.03. The maximum absolute atomic E-state index is 12.2. The molecule has 0 aromatic carbocycles. The van der Waals surface area contributed by atoms with Crippen molar-refractivity contribution in [3.63, 3.8) is 0 Å². The van der Waals surface area contributed by atoms with Crippen LogP contribution in [0.15, 0.2) is 12.1 Å². The van der Waals surface area contributed by atoms with Crippen LogP contribution in [-0.2, 0) is 4.74 Å². The molecule has 0 radical (unpaired) electrons. The van der Waals surface area contributed by atoms with Gasteiger partial charge in [-0.25, -0.2) is 4.98 Å². The second kappa shape index (κ2) is 8.20. The summed E-state index contributed by atoms with van der Waals surface area (Å²) in [4.78, 5) is 16.4. The molecule has 2 rings (SSSR count). The smallest absolute Gasteiger partial charge is 0.251 e. The monoisotopic (exact) mass is 311 g/mol. The first kappa shape index (κ1) is 16.0. The van der Waals surface area contributed by atoms with E-state index in [1.54, 1.807) is 12.1 Å². The SMILES string of the molecule is CCCNc1cc(C(=O)NCC2CCOCC2)cc(Cl)n1. The minimum Gasteiger partial charge on any atom is -0.381 e. The van der Waals surface area contributed by atoms with E-state index in [4.69, 9.17) is 16.3 Å². The van der Waals surface area contributed by atoms with Gasteiger partial charge in [0.25, 0.3) is 5.91 Å². The van der Waals surface area contributed by atoms with E-state index in [2.05, 4.69) is 22.5 Å². The molecule has 1 aromatic rings. The molecular formula is C15H22ClN3O2. The van der Waals surface area contributed by atoms with Crippen LogP contribution in [0.2, 0.25) is 5.15 Å². The number of carbonyl (C=O) groups excluding carboxylic acids is 1. The van der Waals surface area contributed by atoms with E-state index in [-0.39, 0.29) is 5.91 Å². The zero-order valence-electron chi connectivity index (χ0n) is 12.3. The van der Waals surface area contributed by atoms with Gasteiger partial charge in [0, 0.05) is 31.9 Å². The third-order valence-corrected chi connectivity index (χ3v) is 3.70. The Morgan fingerprint density at radius 2 is 2.19 bits per heavy atom. The number of amides is 1. The molecule has 2 heterocycles. The van der Waals surface area contributed by atoms with Crippen molar-refractivity contribution in [1.29, 1.82) is 0 Å². The van der Waals surface area contributed by atoms with Crippen LogP contribution in [0.4, 0.5) is 5.82 Å². The fraction of sp³-hybridized carbons (Fsp3) is 0.600. The molecule has 5 nitrogen and oxygen atoms in total. The summed E-state index contributed by atoms with van der Waals surface area (Å²) in [5.41, 5.74) is 0.542. The number of pyridine rings is 1. The molecule has 1 saturated heterocycles. The molecular weight excluding hydrogens is 290 g/mol. The number of carbonyl (C=O) groups is 1. The van der Waals surface area contributed by atoms with Crippen molar-refractivity contribution in [2.75, 3.05) is 31.6 Å². The Morgan fingerprint density at radius 1 is 1.43 bits per heavy atom. The zero-order chi connectivity index (χ0) is 15.1. The number of ether oxygens (including phenoxy) is 1. The Bertz CT molecular complexity index is 476. The van der Waals surface area contributed by atoms with Crippen LogP contribution in [0, 0.1) is 5.92 Å². The molecule has 0 spiro atoms. The van der Waals surface area contributed by atoms with Gasteiger partial charge in [-0.2, -0.15) is 0 Å². The predicted octanol–water partition coefficient (Wildman–Crippen LogP) is 2.71. The van der Waals surface area contributed by atoms with Crippen molar-refractivity contribution in [1.82, 2.24) is 10.3 Å². The summed E-state index contributed by atoms with van der Waals surface area (Å²) in [7, 11) is 0. The fourth-order valence-corrected chi connectivity index (χ4v) is 2.47. The van der Waals surface area contributed by atoms with Gasteiger partial charge in [-0.3, -0.25) is 4.79 Å². The zero-order valence-corrected chi connectivity index (χ0v) is 13.1. The van der Waals surface area contributed by atoms with E-state index in [1.807, 2.05) is 0 Å². The normalized spacial score (nSPS) is 15.7. The Morgan fingerprint density at radius 3 is 2.90 bits per heavy atom. The van der Waals surface area contributed by atoms with Crippen molar-refractivity contribution < 1.29 is 9.53 Å². The van der Waals surface area contributed by atoms with E-state index in [9.17, 15) is 4.79 Å². The first-order valence-electron chi connectivity index (χ1n) is 7.46. The van der Waals surface area contributed by atoms with E-state index in [1.165, 1.54) is 0 Å². The number of nitrogens with zero attached hydrogens (tertiary/aromatic N) is 1. The molecule has 1 fully saturated rings. The van der Waals surface area contributed by atoms with Gasteiger partial charge in [0.1, 0.15) is 11.0 Å². The molecule has 2 N–H and O–H groups in total. The number of hydrogen-bond acceptors (Lipinski definition) is 4. The van der Waals surface area contributed by atoms with Crippen LogP contribution in [0.3, 0.4) is 0 Å². The third-order valence-electron chi connectivity index (χ3n) is 3.50. The number of anilines is 1. The highest BCUT2D eigenvalue weighted by molar-refractivity contribution is 6.29. The minimum atomic E-state index is -0.106. The highest BCUT2D eigenvalue weighted by Crippen LogP contribution is 2.16. The lowest BCUT2D eigenvalue weighted by molar-refractivity contribution is 0.0642. The quantitative estimate of drug-likeness (QED) is 0.793. The predicted molar refractivity (Wildman–Crippen MR) is 83.9 cm³/mol. The molecule has 1 amide bonds. The summed E-state index contributed by atoms with van der Waals surface area (Å²) in [6.07, 6.45) is 2.99. The molecule has 0 aliphatic carbocycles. The summed E-state index contributed by atoms with van der Waals surface area (Å²) < 4.78 is 5.31. The molecule has 1 aliphatic heterocycles. The first-order chi connectivity index (χ1) is 10.2. The molecule has 21 heavy (non-hydrogen) atoms. The van der Waals surface area contributed by atoms with Crippen LogP contribution in [0.25, 0.3) is 0 Å². The fourth-order valence-electron chi connectivity index (χ4n) is 2.26. The summed E-state index contributed by atoms with van der Waals surface area (Å²) in [5, 5.41) is 6.44. The molecule has 1 aromatic heterocycles. The minimum absolute atomic E-state index is 0.106. The lowest BCUT2D eigenvalue weighted by Gasteiger charge is -2.22. The van der Waals surface area contributed by atoms with E-state index >= 15 is 0 Å². The van der Waals surface area contributed by atoms with Crippen molar-refractivity contribution in [3.8, 4) is 0 Å². The van der Waals surface area contributed by atoms with Crippen molar-refractivity contribution >= 4 is 23.3 Å². The van der Waals surface area contributed by atoms with Crippen LogP contribution >= 0.6 is 11.6 Å². The maximum Gasteiger partial charge on any atom is 0.251 e. The van der Waals surface area contributed by atoms with Gasteiger partial charge in [-0.1, -0.05) is 18.5 Å². The Labute approximate surface area is 130 Å². The van der Waals surface area contributed by atoms with Crippen LogP contribution in [0.1, 0.15) is 36.5 Å². The van der Waals surface area contributed by atoms with Crippen LogP contribution in [0.5, 0.6) is 0 Å². The highest BCUT2D eigenvalue weighted by Gasteiger charge is 2.16. The van der Waals surface area contributed by atoms with E-state index < -0.39 is 0 Å². The molecule has 0 atom stereocenters. The van der Waals surface area contributed by atoms with Gasteiger partial charge in [-0.05, 0) is 37.3 Å². The van der Waals surface area contributed by atoms with E-state index in [0.29, 0.717) is 29.0 Å². The maximum atomic E-state index is 12.2. The lowest BCUT2D eigenvalue weighted by Crippen LogP contribution is -2.32. The van der Waals surface area contributed by atoms with Gasteiger partial charge in [0.2, 0.25) is 0 Å². The molecule has 0 saturated carbocycles. The van der Waals surface area contributed by atoms with Gasteiger partial charge < -0.3 is 15.4 Å². The molecule has 1 aliphatic rings. The largest absolute Gasteiger partial charge is 0.381 e. The average molecular weight is 312 g/mol. The summed E-state index contributed by atoms with van der Waals surface area (Å²) in [6.45, 7) is 5.12. The number of halogens is 1. The number of hydrogen-bond donors (Lipinski definition) is 2. The van der Waals surface area contributed by atoms with Crippen LogP contribution < -0.4 is 10.6 Å². The standard InChI is InChI=1S/C15H22ClN3O2/c1-2-5-17-14-9-12(8-13(16)19-14)15(20)18-10-11-3-6-21-7-4-11/h8-9,11H,2-7,10H2,1H3,(H,17,19)(H,18,20). The average Bonchev–Trinajstić information content (AvgIpc) is 2.51. The second-order valence-corrected chi connectivity index (χ2v) is 5.64. The van der Waals surface area contributed by atoms with Gasteiger partial charge in [-0.15, -0.1) is 0 Å². The summed E-state index contributed by atoms with van der Waals surface area (Å²) >= 11 is 5.97. The highest BCUT2D eigenvalue weighted by atomic mass is 35.5. The Kier molecular flexibility index (Phi) is 6.26. The van der Waals surface area contributed by atoms with Gasteiger partial charge >= 0.3 is 0 Å². The van der Waals surface area contributed by atoms with Crippen molar-refractivity contribution in [2.45, 2.75) is 26.2 Å². The molecule has 6 heteroatoms. The van der Waals surface area contributed by atoms with Crippen LogP contribution in [-0.4, -0.2) is 37.2 Å². The Balaban J connectivity index is 1.92. The van der Waals surface area contributed by atoms with Crippen molar-refractivity contribution in [2.24, 2.45) is 5.92 Å². The molecule has 0 unspecified atom stereocenters. The van der Waals surface area contributed by atoms with E-state index in [0.717, 1.165) is 39.0 Å². The Hall–Kier alpha value is -1.33. The topological polar surface area (TPSA) is 63.2 Å². The molecule has 0 bridgehead atoms. The number of nitrogens with one attached hydrogen (secondary N) is 2. The second-order valence-electron chi connectivity index (χ2n) is 5.26. The number of aromatic nitrogens is 1. The molecule has 116 valence electrons.